The van der Waals surface area contributed by atoms with Crippen LogP contribution in [0.1, 0.15) is 6.42 Å². The Morgan fingerprint density at radius 1 is 1.67 bits per heavy atom. The van der Waals surface area contributed by atoms with Crippen molar-refractivity contribution in [1.29, 1.82) is 0 Å². The highest BCUT2D eigenvalue weighted by atomic mass is 35.5. The molecule has 0 saturated carbocycles. The van der Waals surface area contributed by atoms with Crippen molar-refractivity contribution < 1.29 is 9.72 Å². The predicted octanol–water partition coefficient (Wildman–Crippen LogP) is 1.29. The van der Waals surface area contributed by atoms with E-state index >= 15 is 0 Å². The Morgan fingerprint density at radius 3 is 2.94 bits per heavy atom. The molecule has 1 N–H and O–H groups in total. The number of nitro groups is 1. The highest BCUT2D eigenvalue weighted by molar-refractivity contribution is 6.30. The summed E-state index contributed by atoms with van der Waals surface area (Å²) in [4.78, 5) is 27.4. The van der Waals surface area contributed by atoms with Crippen LogP contribution in [0.15, 0.2) is 12.3 Å². The van der Waals surface area contributed by atoms with Gasteiger partial charge in [0.05, 0.1) is 9.95 Å². The molecule has 1 unspecified atom stereocenters. The number of carbonyl (C=O) groups excluding carboxylic acids is 1. The summed E-state index contributed by atoms with van der Waals surface area (Å²) in [7, 11) is 1.69. The van der Waals surface area contributed by atoms with Crippen LogP contribution >= 0.6 is 11.6 Å². The molecular formula is C10H11ClN4O3. The standard InChI is InChI=1S/C10H11ClN4O3/c1-14-3-2-7(10(14)16)13-9-8(15(17)18)4-6(11)5-12-9/h4-5,7H,2-3H2,1H3,(H,12,13). The van der Waals surface area contributed by atoms with Gasteiger partial charge in [-0.05, 0) is 6.42 Å². The molecule has 2 heterocycles. The van der Waals surface area contributed by atoms with Crippen LogP contribution in [0.25, 0.3) is 0 Å². The number of likely N-dealkylation sites (N-methyl/N-ethyl adjacent to an activating group) is 1. The van der Waals surface area contributed by atoms with Crippen LogP contribution in [0, 0.1) is 10.1 Å². The summed E-state index contributed by atoms with van der Waals surface area (Å²) in [5.41, 5.74) is -0.232. The number of hydrogen-bond donors (Lipinski definition) is 1. The number of likely N-dealkylation sites (tertiary alicyclic amines) is 1. The molecule has 1 aliphatic heterocycles. The molecular weight excluding hydrogens is 260 g/mol. The predicted molar refractivity (Wildman–Crippen MR) is 65.6 cm³/mol. The van der Waals surface area contributed by atoms with E-state index in [0.717, 1.165) is 0 Å². The number of nitrogens with one attached hydrogen (secondary N) is 1. The van der Waals surface area contributed by atoms with E-state index in [0.29, 0.717) is 13.0 Å². The minimum Gasteiger partial charge on any atom is -0.353 e. The zero-order valence-corrected chi connectivity index (χ0v) is 10.3. The van der Waals surface area contributed by atoms with Crippen molar-refractivity contribution in [2.75, 3.05) is 18.9 Å². The Labute approximate surface area is 108 Å². The first kappa shape index (κ1) is 12.6. The zero-order chi connectivity index (χ0) is 13.3. The second-order valence-electron chi connectivity index (χ2n) is 4.02. The highest BCUT2D eigenvalue weighted by Crippen LogP contribution is 2.26. The summed E-state index contributed by atoms with van der Waals surface area (Å²) in [5.74, 6) is -0.0286. The third-order valence-corrected chi connectivity index (χ3v) is 2.98. The topological polar surface area (TPSA) is 88.4 Å². The number of aromatic nitrogens is 1. The number of rotatable bonds is 3. The van der Waals surface area contributed by atoms with Crippen LogP contribution in [-0.2, 0) is 4.79 Å². The Balaban J connectivity index is 2.24. The average molecular weight is 271 g/mol. The van der Waals surface area contributed by atoms with E-state index < -0.39 is 11.0 Å². The number of nitrogens with zero attached hydrogens (tertiary/aromatic N) is 3. The minimum absolute atomic E-state index is 0.0676. The Bertz CT molecular complexity index is 508. The Hall–Kier alpha value is -1.89. The van der Waals surface area contributed by atoms with Gasteiger partial charge in [-0.3, -0.25) is 14.9 Å². The second kappa shape index (κ2) is 4.77. The molecule has 1 aliphatic rings. The summed E-state index contributed by atoms with van der Waals surface area (Å²) >= 11 is 5.66. The fourth-order valence-corrected chi connectivity index (χ4v) is 1.95. The van der Waals surface area contributed by atoms with Crippen molar-refractivity contribution in [2.45, 2.75) is 12.5 Å². The Morgan fingerprint density at radius 2 is 2.39 bits per heavy atom. The molecule has 96 valence electrons. The fraction of sp³-hybridized carbons (Fsp3) is 0.400. The van der Waals surface area contributed by atoms with Gasteiger partial charge in [-0.25, -0.2) is 4.98 Å². The molecule has 1 atom stereocenters. The van der Waals surface area contributed by atoms with Crippen LogP contribution in [-0.4, -0.2) is 40.3 Å². The first-order valence-corrected chi connectivity index (χ1v) is 5.68. The van der Waals surface area contributed by atoms with E-state index in [9.17, 15) is 14.9 Å². The van der Waals surface area contributed by atoms with E-state index in [1.54, 1.807) is 11.9 Å². The monoisotopic (exact) mass is 270 g/mol. The zero-order valence-electron chi connectivity index (χ0n) is 9.59. The molecule has 7 nitrogen and oxygen atoms in total. The van der Waals surface area contributed by atoms with Gasteiger partial charge in [0, 0.05) is 25.9 Å². The lowest BCUT2D eigenvalue weighted by Crippen LogP contribution is -2.31. The van der Waals surface area contributed by atoms with Gasteiger partial charge >= 0.3 is 5.69 Å². The molecule has 0 bridgehead atoms. The van der Waals surface area contributed by atoms with Crippen LogP contribution in [0.2, 0.25) is 5.02 Å². The third kappa shape index (κ3) is 2.35. The van der Waals surface area contributed by atoms with Crippen molar-refractivity contribution >= 4 is 29.0 Å². The fourth-order valence-electron chi connectivity index (χ4n) is 1.80. The van der Waals surface area contributed by atoms with Gasteiger partial charge in [0.1, 0.15) is 6.04 Å². The van der Waals surface area contributed by atoms with E-state index in [1.807, 2.05) is 0 Å². The number of pyridine rings is 1. The van der Waals surface area contributed by atoms with Gasteiger partial charge in [0.15, 0.2) is 0 Å². The smallest absolute Gasteiger partial charge is 0.312 e. The van der Waals surface area contributed by atoms with Crippen molar-refractivity contribution in [3.8, 4) is 0 Å². The average Bonchev–Trinajstić information content (AvgIpc) is 2.63. The molecule has 1 saturated heterocycles. The summed E-state index contributed by atoms with van der Waals surface area (Å²) in [6.07, 6.45) is 1.90. The molecule has 0 spiro atoms. The lowest BCUT2D eigenvalue weighted by Gasteiger charge is -2.12. The SMILES string of the molecule is CN1CCC(Nc2ncc(Cl)cc2[N+](=O)[O-])C1=O. The van der Waals surface area contributed by atoms with Gasteiger partial charge in [-0.15, -0.1) is 0 Å². The normalized spacial score (nSPS) is 19.1. The summed E-state index contributed by atoms with van der Waals surface area (Å²) < 4.78 is 0. The Kier molecular flexibility index (Phi) is 3.33. The van der Waals surface area contributed by atoms with Crippen molar-refractivity contribution in [3.63, 3.8) is 0 Å². The lowest BCUT2D eigenvalue weighted by molar-refractivity contribution is -0.384. The van der Waals surface area contributed by atoms with Crippen LogP contribution in [0.3, 0.4) is 0 Å². The van der Waals surface area contributed by atoms with Gasteiger partial charge in [-0.2, -0.15) is 0 Å². The van der Waals surface area contributed by atoms with E-state index in [4.69, 9.17) is 11.6 Å². The van der Waals surface area contributed by atoms with Crippen LogP contribution < -0.4 is 5.32 Å². The molecule has 0 aliphatic carbocycles. The molecule has 1 amide bonds. The highest BCUT2D eigenvalue weighted by Gasteiger charge is 2.31. The second-order valence-corrected chi connectivity index (χ2v) is 4.46. The first-order valence-electron chi connectivity index (χ1n) is 5.30. The third-order valence-electron chi connectivity index (χ3n) is 2.77. The van der Waals surface area contributed by atoms with E-state index in [-0.39, 0.29) is 22.4 Å². The molecule has 0 radical (unpaired) electrons. The number of halogens is 1. The van der Waals surface area contributed by atoms with Gasteiger partial charge in [0.2, 0.25) is 11.7 Å². The molecule has 1 fully saturated rings. The maximum atomic E-state index is 11.7. The summed E-state index contributed by atoms with van der Waals surface area (Å²) in [6, 6.07) is 0.738. The largest absolute Gasteiger partial charge is 0.353 e. The van der Waals surface area contributed by atoms with Crippen LogP contribution in [0.5, 0.6) is 0 Å². The van der Waals surface area contributed by atoms with Crippen molar-refractivity contribution in [1.82, 2.24) is 9.88 Å². The lowest BCUT2D eigenvalue weighted by atomic mass is 10.2. The maximum absolute atomic E-state index is 11.7. The number of carbonyl (C=O) groups is 1. The summed E-state index contributed by atoms with van der Waals surface area (Å²) in [5, 5.41) is 13.8. The minimum atomic E-state index is -0.579. The summed E-state index contributed by atoms with van der Waals surface area (Å²) in [6.45, 7) is 0.623. The van der Waals surface area contributed by atoms with E-state index in [2.05, 4.69) is 10.3 Å². The van der Waals surface area contributed by atoms with Crippen LogP contribution in [0.4, 0.5) is 11.5 Å². The molecule has 1 aromatic rings. The number of hydrogen-bond acceptors (Lipinski definition) is 5. The van der Waals surface area contributed by atoms with E-state index in [1.165, 1.54) is 12.3 Å². The molecule has 1 aromatic heterocycles. The van der Waals surface area contributed by atoms with Gasteiger partial charge < -0.3 is 10.2 Å². The maximum Gasteiger partial charge on any atom is 0.312 e. The molecule has 18 heavy (non-hydrogen) atoms. The van der Waals surface area contributed by atoms with Gasteiger partial charge in [0.25, 0.3) is 0 Å². The first-order chi connectivity index (χ1) is 8.49. The van der Waals surface area contributed by atoms with Gasteiger partial charge in [-0.1, -0.05) is 11.6 Å². The number of amides is 1. The molecule has 0 aromatic carbocycles. The van der Waals surface area contributed by atoms with Crippen molar-refractivity contribution in [3.05, 3.63) is 27.4 Å². The molecule has 8 heteroatoms. The molecule has 2 rings (SSSR count). The van der Waals surface area contributed by atoms with Crippen molar-refractivity contribution in [2.24, 2.45) is 0 Å². The quantitative estimate of drug-likeness (QED) is 0.660. The number of anilines is 1.